The SMILES string of the molecule is CCCCOC(=O)c1ccc(NC(=O)C2CCCc3sc(NC(=O)c4ccc(C)cc4)nc32)cc1. The van der Waals surface area contributed by atoms with Crippen molar-refractivity contribution in [3.8, 4) is 0 Å². The lowest BCUT2D eigenvalue weighted by Crippen LogP contribution is -2.24. The van der Waals surface area contributed by atoms with Gasteiger partial charge >= 0.3 is 5.97 Å². The molecule has 2 amide bonds. The summed E-state index contributed by atoms with van der Waals surface area (Å²) in [6.07, 6.45) is 4.20. The molecule has 0 fully saturated rings. The van der Waals surface area contributed by atoms with E-state index in [1.54, 1.807) is 36.4 Å². The molecular formula is C27H29N3O4S. The number of carbonyl (C=O) groups is 3. The molecule has 3 aromatic rings. The Morgan fingerprint density at radius 3 is 2.46 bits per heavy atom. The predicted molar refractivity (Wildman–Crippen MR) is 137 cm³/mol. The molecule has 0 bridgehead atoms. The van der Waals surface area contributed by atoms with Crippen LogP contribution in [0.2, 0.25) is 0 Å². The Labute approximate surface area is 208 Å². The number of thiazole rings is 1. The molecule has 8 heteroatoms. The second-order valence-electron chi connectivity index (χ2n) is 8.65. The van der Waals surface area contributed by atoms with E-state index < -0.39 is 5.92 Å². The lowest BCUT2D eigenvalue weighted by molar-refractivity contribution is -0.117. The van der Waals surface area contributed by atoms with E-state index in [2.05, 4.69) is 15.6 Å². The zero-order valence-corrected chi connectivity index (χ0v) is 20.7. The average Bonchev–Trinajstić information content (AvgIpc) is 3.27. The van der Waals surface area contributed by atoms with Crippen molar-refractivity contribution in [1.82, 2.24) is 4.98 Å². The maximum absolute atomic E-state index is 13.1. The zero-order valence-electron chi connectivity index (χ0n) is 19.9. The van der Waals surface area contributed by atoms with E-state index in [1.165, 1.54) is 11.3 Å². The van der Waals surface area contributed by atoms with Crippen molar-refractivity contribution in [2.75, 3.05) is 17.2 Å². The highest BCUT2D eigenvalue weighted by atomic mass is 32.1. The standard InChI is InChI=1S/C27H29N3O4S/c1-3-4-16-34-26(33)19-12-14-20(15-13-19)28-25(32)21-6-5-7-22-23(21)29-27(35-22)30-24(31)18-10-8-17(2)9-11-18/h8-15,21H,3-7,16H2,1-2H3,(H,28,32)(H,29,30,31). The molecule has 2 N–H and O–H groups in total. The highest BCUT2D eigenvalue weighted by molar-refractivity contribution is 7.16. The first kappa shape index (κ1) is 24.6. The molecule has 1 aliphatic rings. The van der Waals surface area contributed by atoms with Crippen molar-refractivity contribution in [3.63, 3.8) is 0 Å². The molecular weight excluding hydrogens is 462 g/mol. The fourth-order valence-corrected chi connectivity index (χ4v) is 4.97. The van der Waals surface area contributed by atoms with Crippen LogP contribution >= 0.6 is 11.3 Å². The van der Waals surface area contributed by atoms with E-state index in [0.29, 0.717) is 35.0 Å². The largest absolute Gasteiger partial charge is 0.462 e. The van der Waals surface area contributed by atoms with Crippen molar-refractivity contribution in [1.29, 1.82) is 0 Å². The minimum Gasteiger partial charge on any atom is -0.462 e. The number of ether oxygens (including phenoxy) is 1. The monoisotopic (exact) mass is 491 g/mol. The maximum Gasteiger partial charge on any atom is 0.338 e. The Morgan fingerprint density at radius 2 is 1.74 bits per heavy atom. The topological polar surface area (TPSA) is 97.4 Å². The van der Waals surface area contributed by atoms with Crippen molar-refractivity contribution in [3.05, 3.63) is 75.8 Å². The summed E-state index contributed by atoms with van der Waals surface area (Å²) in [4.78, 5) is 43.4. The molecule has 1 aliphatic carbocycles. The average molecular weight is 492 g/mol. The number of aromatic nitrogens is 1. The number of anilines is 2. The third-order valence-electron chi connectivity index (χ3n) is 5.92. The summed E-state index contributed by atoms with van der Waals surface area (Å²) in [7, 11) is 0. The number of benzene rings is 2. The summed E-state index contributed by atoms with van der Waals surface area (Å²) in [6, 6.07) is 14.1. The van der Waals surface area contributed by atoms with Crippen LogP contribution in [0.5, 0.6) is 0 Å². The molecule has 2 aromatic carbocycles. The molecule has 1 atom stereocenters. The second-order valence-corrected chi connectivity index (χ2v) is 9.73. The van der Waals surface area contributed by atoms with Crippen molar-refractivity contribution >= 4 is 39.9 Å². The summed E-state index contributed by atoms with van der Waals surface area (Å²) < 4.78 is 5.22. The van der Waals surface area contributed by atoms with E-state index in [0.717, 1.165) is 41.8 Å². The van der Waals surface area contributed by atoms with Gasteiger partial charge in [0.05, 0.1) is 23.8 Å². The Morgan fingerprint density at radius 1 is 1.03 bits per heavy atom. The summed E-state index contributed by atoms with van der Waals surface area (Å²) in [5.74, 6) is -1.12. The number of unbranched alkanes of at least 4 members (excludes halogenated alkanes) is 1. The van der Waals surface area contributed by atoms with Gasteiger partial charge in [-0.3, -0.25) is 14.9 Å². The van der Waals surface area contributed by atoms with Crippen LogP contribution in [0, 0.1) is 6.92 Å². The van der Waals surface area contributed by atoms with Crippen molar-refractivity contribution in [2.24, 2.45) is 0 Å². The predicted octanol–water partition coefficient (Wildman–Crippen LogP) is 5.72. The van der Waals surface area contributed by atoms with Gasteiger partial charge < -0.3 is 10.1 Å². The molecule has 0 saturated heterocycles. The van der Waals surface area contributed by atoms with Crippen LogP contribution in [0.1, 0.15) is 75.4 Å². The second kappa shape index (κ2) is 11.3. The first-order chi connectivity index (χ1) is 16.9. The molecule has 1 unspecified atom stereocenters. The zero-order chi connectivity index (χ0) is 24.8. The highest BCUT2D eigenvalue weighted by Gasteiger charge is 2.30. The third kappa shape index (κ3) is 6.14. The minimum absolute atomic E-state index is 0.147. The van der Waals surface area contributed by atoms with E-state index in [1.807, 2.05) is 26.0 Å². The van der Waals surface area contributed by atoms with Crippen LogP contribution in [-0.4, -0.2) is 29.4 Å². The van der Waals surface area contributed by atoms with Gasteiger partial charge in [-0.2, -0.15) is 0 Å². The smallest absolute Gasteiger partial charge is 0.338 e. The summed E-state index contributed by atoms with van der Waals surface area (Å²) in [6.45, 7) is 4.41. The number of hydrogen-bond donors (Lipinski definition) is 2. The van der Waals surface area contributed by atoms with Crippen molar-refractivity contribution < 1.29 is 19.1 Å². The number of amides is 2. The highest BCUT2D eigenvalue weighted by Crippen LogP contribution is 2.37. The quantitative estimate of drug-likeness (QED) is 0.310. The molecule has 1 aromatic heterocycles. The molecule has 4 rings (SSSR count). The van der Waals surface area contributed by atoms with Gasteiger partial charge in [0.25, 0.3) is 5.91 Å². The number of carbonyl (C=O) groups excluding carboxylic acids is 3. The van der Waals surface area contributed by atoms with Gasteiger partial charge in [0.15, 0.2) is 5.13 Å². The normalized spacial score (nSPS) is 14.6. The van der Waals surface area contributed by atoms with Gasteiger partial charge in [0.2, 0.25) is 5.91 Å². The van der Waals surface area contributed by atoms with Crippen LogP contribution in [-0.2, 0) is 16.0 Å². The number of nitrogens with zero attached hydrogens (tertiary/aromatic N) is 1. The first-order valence-electron chi connectivity index (χ1n) is 11.9. The first-order valence-corrected chi connectivity index (χ1v) is 12.7. The Balaban J connectivity index is 1.40. The van der Waals surface area contributed by atoms with Gasteiger partial charge in [-0.1, -0.05) is 31.0 Å². The Bertz CT molecular complexity index is 1200. The van der Waals surface area contributed by atoms with E-state index >= 15 is 0 Å². The summed E-state index contributed by atoms with van der Waals surface area (Å²) in [5, 5.41) is 6.32. The van der Waals surface area contributed by atoms with Crippen LogP contribution in [0.15, 0.2) is 48.5 Å². The number of nitrogens with one attached hydrogen (secondary N) is 2. The molecule has 35 heavy (non-hydrogen) atoms. The fourth-order valence-electron chi connectivity index (χ4n) is 3.91. The molecule has 0 spiro atoms. The number of rotatable bonds is 8. The lowest BCUT2D eigenvalue weighted by Gasteiger charge is -2.20. The van der Waals surface area contributed by atoms with Gasteiger partial charge in [0, 0.05) is 16.1 Å². The number of aryl methyl sites for hydroxylation is 2. The molecule has 0 aliphatic heterocycles. The van der Waals surface area contributed by atoms with Gasteiger partial charge in [-0.25, -0.2) is 9.78 Å². The number of fused-ring (bicyclic) bond motifs is 1. The number of esters is 1. The van der Waals surface area contributed by atoms with Crippen molar-refractivity contribution in [2.45, 2.75) is 51.9 Å². The van der Waals surface area contributed by atoms with E-state index in [4.69, 9.17) is 4.74 Å². The Kier molecular flexibility index (Phi) is 7.92. The van der Waals surface area contributed by atoms with E-state index in [-0.39, 0.29) is 17.8 Å². The van der Waals surface area contributed by atoms with Crippen LogP contribution < -0.4 is 10.6 Å². The maximum atomic E-state index is 13.1. The summed E-state index contributed by atoms with van der Waals surface area (Å²) >= 11 is 1.43. The van der Waals surface area contributed by atoms with Gasteiger partial charge in [-0.05, 0) is 69.0 Å². The van der Waals surface area contributed by atoms with Gasteiger partial charge in [0.1, 0.15) is 0 Å². The van der Waals surface area contributed by atoms with Gasteiger partial charge in [-0.15, -0.1) is 11.3 Å². The minimum atomic E-state index is -0.390. The molecule has 7 nitrogen and oxygen atoms in total. The lowest BCUT2D eigenvalue weighted by atomic mass is 9.90. The van der Waals surface area contributed by atoms with Crippen LogP contribution in [0.3, 0.4) is 0 Å². The number of hydrogen-bond acceptors (Lipinski definition) is 6. The molecule has 182 valence electrons. The molecule has 0 radical (unpaired) electrons. The van der Waals surface area contributed by atoms with Crippen LogP contribution in [0.25, 0.3) is 0 Å². The fraction of sp³-hybridized carbons (Fsp3) is 0.333. The van der Waals surface area contributed by atoms with Crippen LogP contribution in [0.4, 0.5) is 10.8 Å². The molecule has 0 saturated carbocycles. The third-order valence-corrected chi connectivity index (χ3v) is 6.97. The summed E-state index contributed by atoms with van der Waals surface area (Å²) in [5.41, 5.74) is 3.44. The Hall–Kier alpha value is -3.52. The molecule has 1 heterocycles. The van der Waals surface area contributed by atoms with E-state index in [9.17, 15) is 14.4 Å².